The van der Waals surface area contributed by atoms with Gasteiger partial charge in [-0.3, -0.25) is 14.9 Å². The number of benzene rings is 1. The Morgan fingerprint density at radius 1 is 1.21 bits per heavy atom. The maximum Gasteiger partial charge on any atom is 0.331 e. The van der Waals surface area contributed by atoms with Crippen molar-refractivity contribution in [1.29, 1.82) is 0 Å². The summed E-state index contributed by atoms with van der Waals surface area (Å²) in [4.78, 5) is 55.1. The quantitative estimate of drug-likeness (QED) is 0.254. The van der Waals surface area contributed by atoms with E-state index in [4.69, 9.17) is 9.47 Å². The molecular formula is C23H33N3O8. The monoisotopic (exact) mass is 479 g/mol. The lowest BCUT2D eigenvalue weighted by molar-refractivity contribution is -0.768. The number of nitrogens with one attached hydrogen (secondary N) is 1. The lowest BCUT2D eigenvalue weighted by Crippen LogP contribution is -2.55. The van der Waals surface area contributed by atoms with E-state index in [2.05, 4.69) is 10.2 Å². The molecule has 1 heterocycles. The third-order valence-corrected chi connectivity index (χ3v) is 5.49. The van der Waals surface area contributed by atoms with Crippen molar-refractivity contribution in [3.63, 3.8) is 0 Å². The molecule has 1 saturated heterocycles. The summed E-state index contributed by atoms with van der Waals surface area (Å²) in [6, 6.07) is 6.76. The molecule has 1 aromatic carbocycles. The van der Waals surface area contributed by atoms with Crippen molar-refractivity contribution in [2.75, 3.05) is 19.8 Å². The highest BCUT2D eigenvalue weighted by Crippen LogP contribution is 2.24. The SMILES string of the molecule is CCCOC(=O)[C@@H]1C(O[N+](=O)[O-])CCN1C(=O)[C@H](C)N[C@@H](CCc1ccccc1)C(=O)OCC. The number of likely N-dealkylation sites (tertiary alicyclic amines) is 1. The molecule has 0 bridgehead atoms. The van der Waals surface area contributed by atoms with Crippen molar-refractivity contribution < 1.29 is 33.8 Å². The molecule has 11 nitrogen and oxygen atoms in total. The number of hydrogen-bond acceptors (Lipinski definition) is 9. The molecule has 1 aliphatic heterocycles. The van der Waals surface area contributed by atoms with E-state index in [1.54, 1.807) is 13.8 Å². The van der Waals surface area contributed by atoms with E-state index in [1.165, 1.54) is 4.90 Å². The maximum atomic E-state index is 13.2. The summed E-state index contributed by atoms with van der Waals surface area (Å²) in [5.74, 6) is -1.72. The first kappa shape index (κ1) is 27.0. The average Bonchev–Trinajstić information content (AvgIpc) is 3.23. The first-order chi connectivity index (χ1) is 16.3. The van der Waals surface area contributed by atoms with Crippen LogP contribution < -0.4 is 5.32 Å². The Morgan fingerprint density at radius 2 is 1.91 bits per heavy atom. The van der Waals surface area contributed by atoms with E-state index >= 15 is 0 Å². The molecule has 0 radical (unpaired) electrons. The molecule has 1 unspecified atom stereocenters. The van der Waals surface area contributed by atoms with E-state index in [0.29, 0.717) is 19.3 Å². The standard InChI is InChI=1S/C23H33N3O8/c1-4-15-33-23(29)20-19(34-26(30)31)13-14-25(20)21(27)16(3)24-18(22(28)32-5-2)12-11-17-9-7-6-8-10-17/h6-10,16,18-20,24H,4-5,11-15H2,1-3H3/t16-,18-,19?,20-/m0/s1. The highest BCUT2D eigenvalue weighted by Gasteiger charge is 2.46. The van der Waals surface area contributed by atoms with Crippen molar-refractivity contribution in [3.05, 3.63) is 46.0 Å². The van der Waals surface area contributed by atoms with Crippen molar-refractivity contribution >= 4 is 17.8 Å². The Morgan fingerprint density at radius 3 is 2.53 bits per heavy atom. The van der Waals surface area contributed by atoms with Crippen LogP contribution in [0.5, 0.6) is 0 Å². The predicted molar refractivity (Wildman–Crippen MR) is 121 cm³/mol. The molecule has 34 heavy (non-hydrogen) atoms. The van der Waals surface area contributed by atoms with Gasteiger partial charge in [0, 0.05) is 6.54 Å². The van der Waals surface area contributed by atoms with Crippen LogP contribution in [0.3, 0.4) is 0 Å². The minimum Gasteiger partial charge on any atom is -0.465 e. The molecule has 11 heteroatoms. The van der Waals surface area contributed by atoms with Gasteiger partial charge in [-0.25, -0.2) is 4.79 Å². The molecular weight excluding hydrogens is 446 g/mol. The summed E-state index contributed by atoms with van der Waals surface area (Å²) in [6.45, 7) is 5.50. The fourth-order valence-corrected chi connectivity index (χ4v) is 3.89. The lowest BCUT2D eigenvalue weighted by atomic mass is 10.0. The largest absolute Gasteiger partial charge is 0.465 e. The van der Waals surface area contributed by atoms with Crippen LogP contribution in [0.2, 0.25) is 0 Å². The van der Waals surface area contributed by atoms with Crippen molar-refractivity contribution in [3.8, 4) is 0 Å². The van der Waals surface area contributed by atoms with Crippen LogP contribution in [0.4, 0.5) is 0 Å². The van der Waals surface area contributed by atoms with Crippen molar-refractivity contribution in [2.24, 2.45) is 0 Å². The molecule has 0 aromatic heterocycles. The second kappa shape index (κ2) is 13.5. The van der Waals surface area contributed by atoms with Gasteiger partial charge in [-0.05, 0) is 45.1 Å². The summed E-state index contributed by atoms with van der Waals surface area (Å²) < 4.78 is 10.3. The van der Waals surface area contributed by atoms with Gasteiger partial charge >= 0.3 is 11.9 Å². The molecule has 0 aliphatic carbocycles. The Kier molecular flexibility index (Phi) is 10.7. The van der Waals surface area contributed by atoms with E-state index in [1.807, 2.05) is 37.3 Å². The van der Waals surface area contributed by atoms with Gasteiger partial charge in [-0.2, -0.15) is 0 Å². The number of aryl methyl sites for hydroxylation is 1. The highest BCUT2D eigenvalue weighted by molar-refractivity contribution is 5.89. The van der Waals surface area contributed by atoms with E-state index in [0.717, 1.165) is 5.56 Å². The zero-order valence-electron chi connectivity index (χ0n) is 19.8. The summed E-state index contributed by atoms with van der Waals surface area (Å²) in [7, 11) is 0. The van der Waals surface area contributed by atoms with Crippen LogP contribution in [0.1, 0.15) is 45.6 Å². The number of amides is 1. The Bertz CT molecular complexity index is 835. The van der Waals surface area contributed by atoms with Gasteiger partial charge in [-0.1, -0.05) is 37.3 Å². The zero-order chi connectivity index (χ0) is 25.1. The fourth-order valence-electron chi connectivity index (χ4n) is 3.89. The molecule has 2 rings (SSSR count). The summed E-state index contributed by atoms with van der Waals surface area (Å²) >= 11 is 0. The molecule has 1 fully saturated rings. The van der Waals surface area contributed by atoms with E-state index in [-0.39, 0.29) is 26.2 Å². The molecule has 188 valence electrons. The van der Waals surface area contributed by atoms with Crippen LogP contribution in [0, 0.1) is 10.1 Å². The van der Waals surface area contributed by atoms with Gasteiger partial charge in [-0.15, -0.1) is 10.1 Å². The lowest BCUT2D eigenvalue weighted by Gasteiger charge is -2.29. The number of carbonyl (C=O) groups excluding carboxylic acids is 3. The fraction of sp³-hybridized carbons (Fsp3) is 0.609. The zero-order valence-corrected chi connectivity index (χ0v) is 19.8. The molecule has 1 N–H and O–H groups in total. The molecule has 0 saturated carbocycles. The normalized spacial score (nSPS) is 19.2. The van der Waals surface area contributed by atoms with Crippen LogP contribution in [-0.2, 0) is 35.1 Å². The molecule has 1 aliphatic rings. The molecule has 0 spiro atoms. The Hall–Kier alpha value is -3.21. The summed E-state index contributed by atoms with van der Waals surface area (Å²) in [6.07, 6.45) is 0.547. The van der Waals surface area contributed by atoms with Gasteiger partial charge < -0.3 is 19.2 Å². The topological polar surface area (TPSA) is 137 Å². The second-order valence-electron chi connectivity index (χ2n) is 8.02. The molecule has 4 atom stereocenters. The third-order valence-electron chi connectivity index (χ3n) is 5.49. The molecule has 1 amide bonds. The van der Waals surface area contributed by atoms with Gasteiger partial charge in [0.2, 0.25) is 5.91 Å². The number of hydrogen-bond donors (Lipinski definition) is 1. The van der Waals surface area contributed by atoms with Gasteiger partial charge in [0.05, 0.1) is 19.3 Å². The van der Waals surface area contributed by atoms with Gasteiger partial charge in [0.1, 0.15) is 12.1 Å². The van der Waals surface area contributed by atoms with E-state index < -0.39 is 47.2 Å². The maximum absolute atomic E-state index is 13.2. The minimum atomic E-state index is -1.24. The minimum absolute atomic E-state index is 0.0866. The summed E-state index contributed by atoms with van der Waals surface area (Å²) in [5, 5.41) is 12.9. The second-order valence-corrected chi connectivity index (χ2v) is 8.02. The third kappa shape index (κ3) is 7.68. The van der Waals surface area contributed by atoms with Crippen molar-refractivity contribution in [1.82, 2.24) is 10.2 Å². The summed E-state index contributed by atoms with van der Waals surface area (Å²) in [5.41, 5.74) is 1.04. The first-order valence-electron chi connectivity index (χ1n) is 11.5. The van der Waals surface area contributed by atoms with Crippen LogP contribution in [0.15, 0.2) is 30.3 Å². The molecule has 1 aromatic rings. The number of carbonyl (C=O) groups is 3. The highest BCUT2D eigenvalue weighted by atomic mass is 17.0. The van der Waals surface area contributed by atoms with Crippen LogP contribution >= 0.6 is 0 Å². The smallest absolute Gasteiger partial charge is 0.331 e. The Balaban J connectivity index is 2.12. The van der Waals surface area contributed by atoms with Crippen molar-refractivity contribution in [2.45, 2.75) is 70.7 Å². The average molecular weight is 480 g/mol. The Labute approximate surface area is 198 Å². The van der Waals surface area contributed by atoms with E-state index in [9.17, 15) is 24.5 Å². The van der Waals surface area contributed by atoms with Gasteiger partial charge in [0.15, 0.2) is 6.04 Å². The number of rotatable bonds is 13. The predicted octanol–water partition coefficient (Wildman–Crippen LogP) is 1.66. The first-order valence-corrected chi connectivity index (χ1v) is 11.5. The van der Waals surface area contributed by atoms with Crippen LogP contribution in [-0.4, -0.2) is 71.8 Å². The van der Waals surface area contributed by atoms with Crippen LogP contribution in [0.25, 0.3) is 0 Å². The number of esters is 2. The van der Waals surface area contributed by atoms with Gasteiger partial charge in [0.25, 0.3) is 5.09 Å². The number of nitrogens with zero attached hydrogens (tertiary/aromatic N) is 2. The number of ether oxygens (including phenoxy) is 2.